The van der Waals surface area contributed by atoms with Crippen molar-refractivity contribution in [3.8, 4) is 17.1 Å². The average Bonchev–Trinajstić information content (AvgIpc) is 3.56. The first-order valence-corrected chi connectivity index (χ1v) is 10.3. The minimum absolute atomic E-state index is 0.258. The van der Waals surface area contributed by atoms with Crippen LogP contribution in [0.2, 0.25) is 0 Å². The van der Waals surface area contributed by atoms with Crippen LogP contribution in [-0.2, 0) is 0 Å². The summed E-state index contributed by atoms with van der Waals surface area (Å²) >= 11 is 0. The van der Waals surface area contributed by atoms with Gasteiger partial charge in [0.15, 0.2) is 5.69 Å². The van der Waals surface area contributed by atoms with Crippen LogP contribution in [-0.4, -0.2) is 47.5 Å². The quantitative estimate of drug-likeness (QED) is 0.486. The smallest absolute Gasteiger partial charge is 0.275 e. The summed E-state index contributed by atoms with van der Waals surface area (Å²) in [6.07, 6.45) is 4.55. The van der Waals surface area contributed by atoms with Gasteiger partial charge in [-0.05, 0) is 50.5 Å². The minimum atomic E-state index is -0.390. The van der Waals surface area contributed by atoms with E-state index in [1.54, 1.807) is 42.4 Å². The molecule has 0 saturated carbocycles. The first kappa shape index (κ1) is 20.0. The number of hydrogen-bond donors (Lipinski definition) is 0. The molecule has 1 unspecified atom stereocenters. The van der Waals surface area contributed by atoms with E-state index in [1.807, 2.05) is 13.0 Å². The number of nitrogens with zero attached hydrogens (tertiary/aromatic N) is 7. The number of likely N-dealkylation sites (tertiary alicyclic amines) is 1. The summed E-state index contributed by atoms with van der Waals surface area (Å²) in [5.74, 6) is 0.0225. The van der Waals surface area contributed by atoms with Crippen molar-refractivity contribution in [3.05, 3.63) is 71.4 Å². The molecular formula is C22H20FN7O2. The van der Waals surface area contributed by atoms with Gasteiger partial charge in [-0.3, -0.25) is 4.79 Å². The lowest BCUT2D eigenvalue weighted by Crippen LogP contribution is -2.32. The van der Waals surface area contributed by atoms with Crippen LogP contribution in [0, 0.1) is 19.7 Å². The number of aryl methyl sites for hydroxylation is 1. The van der Waals surface area contributed by atoms with Gasteiger partial charge < -0.3 is 9.42 Å². The van der Waals surface area contributed by atoms with Crippen LogP contribution in [0.4, 0.5) is 4.39 Å². The first-order chi connectivity index (χ1) is 15.5. The molecule has 0 bridgehead atoms. The topological polar surface area (TPSA) is 103 Å². The fourth-order valence-electron chi connectivity index (χ4n) is 3.94. The van der Waals surface area contributed by atoms with Gasteiger partial charge in [0.1, 0.15) is 17.5 Å². The van der Waals surface area contributed by atoms with Gasteiger partial charge in [-0.2, -0.15) is 15.2 Å². The zero-order valence-electron chi connectivity index (χ0n) is 17.6. The van der Waals surface area contributed by atoms with Crippen LogP contribution < -0.4 is 0 Å². The maximum Gasteiger partial charge on any atom is 0.275 e. The van der Waals surface area contributed by atoms with Gasteiger partial charge in [-0.25, -0.2) is 9.37 Å². The molecule has 1 aromatic carbocycles. The van der Waals surface area contributed by atoms with E-state index in [4.69, 9.17) is 4.52 Å². The summed E-state index contributed by atoms with van der Waals surface area (Å²) < 4.78 is 19.5. The molecule has 9 nitrogen and oxygen atoms in total. The fraction of sp³-hybridized carbons (Fsp3) is 0.273. The van der Waals surface area contributed by atoms with E-state index < -0.39 is 6.04 Å². The van der Waals surface area contributed by atoms with Crippen molar-refractivity contribution >= 4 is 5.91 Å². The number of pyridine rings is 1. The van der Waals surface area contributed by atoms with Gasteiger partial charge in [0.2, 0.25) is 11.7 Å². The van der Waals surface area contributed by atoms with E-state index in [1.165, 1.54) is 10.9 Å². The molecule has 1 aliphatic rings. The molecule has 0 spiro atoms. The van der Waals surface area contributed by atoms with Crippen LogP contribution in [0.1, 0.15) is 46.5 Å². The van der Waals surface area contributed by atoms with E-state index in [2.05, 4.69) is 25.3 Å². The second kappa shape index (κ2) is 7.95. The summed E-state index contributed by atoms with van der Waals surface area (Å²) in [4.78, 5) is 25.6. The van der Waals surface area contributed by atoms with Crippen LogP contribution in [0.25, 0.3) is 17.1 Å². The molecule has 1 atom stereocenters. The Morgan fingerprint density at radius 2 is 1.94 bits per heavy atom. The van der Waals surface area contributed by atoms with Crippen molar-refractivity contribution in [1.29, 1.82) is 0 Å². The number of rotatable bonds is 4. The number of benzene rings is 1. The van der Waals surface area contributed by atoms with Crippen molar-refractivity contribution in [3.63, 3.8) is 0 Å². The Bertz CT molecular complexity index is 1290. The third-order valence-electron chi connectivity index (χ3n) is 5.60. The second-order valence-corrected chi connectivity index (χ2v) is 7.66. The Kier molecular flexibility index (Phi) is 4.96. The molecule has 4 aromatic rings. The largest absolute Gasteiger partial charge is 0.337 e. The molecule has 0 radical (unpaired) electrons. The summed E-state index contributed by atoms with van der Waals surface area (Å²) in [5.41, 5.74) is 2.47. The molecule has 0 aliphatic carbocycles. The van der Waals surface area contributed by atoms with Crippen LogP contribution in [0.3, 0.4) is 0 Å². The molecule has 1 fully saturated rings. The molecule has 32 heavy (non-hydrogen) atoms. The Hall–Kier alpha value is -3.95. The standard InChI is InChI=1S/C22H20FN7O2/c1-13-8-9-17(30-24-10-11-25-30)19(26-13)22(31)29-12-4-7-18(29)21-27-20(28-32-21)15-5-3-6-16(23)14(15)2/h3,5-6,8-11,18H,4,7,12H2,1-2H3. The Morgan fingerprint density at radius 3 is 2.75 bits per heavy atom. The van der Waals surface area contributed by atoms with E-state index in [0.29, 0.717) is 47.2 Å². The fourth-order valence-corrected chi connectivity index (χ4v) is 3.94. The predicted octanol–water partition coefficient (Wildman–Crippen LogP) is 3.45. The monoisotopic (exact) mass is 433 g/mol. The molecule has 0 N–H and O–H groups in total. The van der Waals surface area contributed by atoms with Crippen molar-refractivity contribution < 1.29 is 13.7 Å². The van der Waals surface area contributed by atoms with Gasteiger partial charge in [-0.15, -0.1) is 4.80 Å². The predicted molar refractivity (Wildman–Crippen MR) is 111 cm³/mol. The number of halogens is 1. The highest BCUT2D eigenvalue weighted by atomic mass is 19.1. The zero-order valence-corrected chi connectivity index (χ0v) is 17.6. The lowest BCUT2D eigenvalue weighted by atomic mass is 10.1. The lowest BCUT2D eigenvalue weighted by molar-refractivity contribution is 0.0703. The molecule has 4 heterocycles. The summed E-state index contributed by atoms with van der Waals surface area (Å²) in [7, 11) is 0. The minimum Gasteiger partial charge on any atom is -0.337 e. The number of amides is 1. The molecule has 10 heteroatoms. The molecule has 5 rings (SSSR count). The molecule has 3 aromatic heterocycles. The van der Waals surface area contributed by atoms with Gasteiger partial charge in [0.05, 0.1) is 12.4 Å². The summed E-state index contributed by atoms with van der Waals surface area (Å²) in [6, 6.07) is 7.93. The third-order valence-corrected chi connectivity index (χ3v) is 5.60. The van der Waals surface area contributed by atoms with Gasteiger partial charge in [0.25, 0.3) is 5.91 Å². The van der Waals surface area contributed by atoms with Gasteiger partial charge in [-0.1, -0.05) is 17.3 Å². The highest BCUT2D eigenvalue weighted by molar-refractivity contribution is 5.96. The van der Waals surface area contributed by atoms with Crippen LogP contribution in [0.5, 0.6) is 0 Å². The van der Waals surface area contributed by atoms with E-state index >= 15 is 0 Å². The van der Waals surface area contributed by atoms with E-state index in [0.717, 1.165) is 6.42 Å². The van der Waals surface area contributed by atoms with Crippen molar-refractivity contribution in [2.24, 2.45) is 0 Å². The van der Waals surface area contributed by atoms with Crippen molar-refractivity contribution in [2.45, 2.75) is 32.7 Å². The Labute approximate surface area is 182 Å². The number of carbonyl (C=O) groups is 1. The van der Waals surface area contributed by atoms with E-state index in [9.17, 15) is 9.18 Å². The Balaban J connectivity index is 1.48. The molecule has 1 amide bonds. The second-order valence-electron chi connectivity index (χ2n) is 7.66. The highest BCUT2D eigenvalue weighted by Crippen LogP contribution is 2.34. The summed E-state index contributed by atoms with van der Waals surface area (Å²) in [6.45, 7) is 4.02. The first-order valence-electron chi connectivity index (χ1n) is 10.3. The van der Waals surface area contributed by atoms with E-state index in [-0.39, 0.29) is 17.4 Å². The molecule has 1 aliphatic heterocycles. The highest BCUT2D eigenvalue weighted by Gasteiger charge is 2.36. The molecular weight excluding hydrogens is 413 g/mol. The van der Waals surface area contributed by atoms with Crippen LogP contribution in [0.15, 0.2) is 47.2 Å². The number of carbonyl (C=O) groups excluding carboxylic acids is 1. The van der Waals surface area contributed by atoms with Crippen molar-refractivity contribution in [2.75, 3.05) is 6.54 Å². The summed E-state index contributed by atoms with van der Waals surface area (Å²) in [5, 5.41) is 12.3. The Morgan fingerprint density at radius 1 is 1.12 bits per heavy atom. The maximum absolute atomic E-state index is 14.0. The average molecular weight is 433 g/mol. The SMILES string of the molecule is Cc1ccc(-n2nccn2)c(C(=O)N2CCCC2c2nc(-c3cccc(F)c3C)no2)n1. The van der Waals surface area contributed by atoms with Gasteiger partial charge in [0, 0.05) is 17.8 Å². The van der Waals surface area contributed by atoms with Gasteiger partial charge >= 0.3 is 0 Å². The normalized spacial score (nSPS) is 16.0. The number of hydrogen-bond acceptors (Lipinski definition) is 7. The zero-order chi connectivity index (χ0) is 22.2. The maximum atomic E-state index is 14.0. The molecule has 162 valence electrons. The third kappa shape index (κ3) is 3.43. The number of aromatic nitrogens is 6. The van der Waals surface area contributed by atoms with Crippen LogP contribution >= 0.6 is 0 Å². The lowest BCUT2D eigenvalue weighted by Gasteiger charge is -2.22. The molecule has 1 saturated heterocycles. The van der Waals surface area contributed by atoms with Crippen molar-refractivity contribution in [1.82, 2.24) is 35.0 Å².